The minimum Gasteiger partial charge on any atom is -0.507 e. The van der Waals surface area contributed by atoms with Crippen LogP contribution in [0.5, 0.6) is 5.75 Å². The molecule has 5 rings (SSSR count). The average Bonchev–Trinajstić information content (AvgIpc) is 2.89. The number of allylic oxidation sites excluding steroid dienone is 1. The van der Waals surface area contributed by atoms with Gasteiger partial charge in [-0.15, -0.1) is 0 Å². The Hall–Kier alpha value is -3.95. The van der Waals surface area contributed by atoms with Gasteiger partial charge in [-0.1, -0.05) is 71.1 Å². The number of aliphatic hydroxyl groups excluding tert-OH is 1. The third kappa shape index (κ3) is 4.24. The van der Waals surface area contributed by atoms with Crippen molar-refractivity contribution in [1.29, 1.82) is 0 Å². The molecule has 0 aromatic heterocycles. The zero-order valence-corrected chi connectivity index (χ0v) is 27.1. The number of phenols is 1. The van der Waals surface area contributed by atoms with Crippen LogP contribution in [0.25, 0.3) is 5.76 Å². The second-order valence-electron chi connectivity index (χ2n) is 14.2. The minimum absolute atomic E-state index is 0.0107. The van der Waals surface area contributed by atoms with Gasteiger partial charge in [-0.05, 0) is 86.3 Å². The standard InChI is InChI=1S/C38H42O6/c1-19(2)26-16-25(14-13-24-12-10-11-21(5)15-24)32(40)29-27(26)17-36(8)18-37(9)30(20(3)4)22(6)28(23(7)39)34(42)38(37,44)35(43)31(36)33(29)41/h10-12,15-16,19-20,30,40-41,44H,17-18H2,1-9H3/t30-,36+,37+,38-/m1/s1. The Balaban J connectivity index is 1.79. The number of benzene rings is 2. The number of aromatic hydroxyl groups is 1. The zero-order valence-electron chi connectivity index (χ0n) is 27.1. The third-order valence-corrected chi connectivity index (χ3v) is 10.3. The van der Waals surface area contributed by atoms with E-state index in [9.17, 15) is 29.7 Å². The first-order valence-corrected chi connectivity index (χ1v) is 15.4. The largest absolute Gasteiger partial charge is 0.507 e. The molecule has 0 unspecified atom stereocenters. The van der Waals surface area contributed by atoms with E-state index in [1.807, 2.05) is 71.9 Å². The first-order valence-electron chi connectivity index (χ1n) is 15.4. The second-order valence-corrected chi connectivity index (χ2v) is 14.2. The number of hydrogen-bond acceptors (Lipinski definition) is 6. The molecule has 3 N–H and O–H groups in total. The van der Waals surface area contributed by atoms with Crippen molar-refractivity contribution in [2.24, 2.45) is 22.7 Å². The van der Waals surface area contributed by atoms with Crippen molar-refractivity contribution in [3.05, 3.63) is 80.4 Å². The van der Waals surface area contributed by atoms with E-state index in [0.29, 0.717) is 17.6 Å². The number of rotatable bonds is 3. The van der Waals surface area contributed by atoms with Gasteiger partial charge in [-0.3, -0.25) is 14.4 Å². The number of fused-ring (bicyclic) bond motifs is 3. The molecule has 0 aliphatic heterocycles. The third-order valence-electron chi connectivity index (χ3n) is 10.3. The number of Topliss-reactive ketones (excluding diaryl/α,β-unsaturated/α-hetero) is 3. The monoisotopic (exact) mass is 594 g/mol. The van der Waals surface area contributed by atoms with E-state index in [1.54, 1.807) is 13.8 Å². The summed E-state index contributed by atoms with van der Waals surface area (Å²) in [5.41, 5.74) is -0.534. The Kier molecular flexibility index (Phi) is 7.38. The molecule has 3 aliphatic carbocycles. The minimum atomic E-state index is -2.55. The van der Waals surface area contributed by atoms with Crippen molar-refractivity contribution < 1.29 is 29.7 Å². The molecule has 2 aromatic carbocycles. The van der Waals surface area contributed by atoms with E-state index < -0.39 is 45.5 Å². The SMILES string of the molecule is CC(=O)C1=C(C)[C@@H](C(C)C)[C@]2(C)C[C@]3(C)Cc4c(C(C)C)cc(C#Cc5cccc(C)c5)c(O)c4C(O)=C3C(=O)[C@]2(O)C1=O. The lowest BCUT2D eigenvalue weighted by Crippen LogP contribution is -2.70. The Morgan fingerprint density at radius 1 is 1.00 bits per heavy atom. The van der Waals surface area contributed by atoms with Gasteiger partial charge in [-0.25, -0.2) is 0 Å². The molecule has 1 saturated carbocycles. The summed E-state index contributed by atoms with van der Waals surface area (Å²) in [6.45, 7) is 16.6. The van der Waals surface area contributed by atoms with Crippen LogP contribution in [0.4, 0.5) is 0 Å². The fourth-order valence-electron chi connectivity index (χ4n) is 8.82. The maximum Gasteiger partial charge on any atom is 0.206 e. The van der Waals surface area contributed by atoms with Gasteiger partial charge >= 0.3 is 0 Å². The number of ketones is 3. The van der Waals surface area contributed by atoms with Gasteiger partial charge in [0, 0.05) is 22.0 Å². The highest BCUT2D eigenvalue weighted by Gasteiger charge is 2.72. The van der Waals surface area contributed by atoms with Crippen LogP contribution >= 0.6 is 0 Å². The van der Waals surface area contributed by atoms with Gasteiger partial charge in [0.15, 0.2) is 11.4 Å². The predicted molar refractivity (Wildman–Crippen MR) is 170 cm³/mol. The molecule has 44 heavy (non-hydrogen) atoms. The Labute approximate surface area is 259 Å². The van der Waals surface area contributed by atoms with Crippen LogP contribution in [-0.4, -0.2) is 38.3 Å². The molecule has 0 saturated heterocycles. The van der Waals surface area contributed by atoms with Gasteiger partial charge < -0.3 is 15.3 Å². The van der Waals surface area contributed by atoms with Gasteiger partial charge in [0.2, 0.25) is 11.6 Å². The van der Waals surface area contributed by atoms with Crippen LogP contribution < -0.4 is 0 Å². The zero-order chi connectivity index (χ0) is 32.7. The van der Waals surface area contributed by atoms with Crippen molar-refractivity contribution in [3.63, 3.8) is 0 Å². The quantitative estimate of drug-likeness (QED) is 0.212. The summed E-state index contributed by atoms with van der Waals surface area (Å²) in [5, 5.41) is 35.9. The number of hydrogen-bond donors (Lipinski definition) is 3. The molecule has 3 aliphatic rings. The van der Waals surface area contributed by atoms with E-state index >= 15 is 0 Å². The fraction of sp³-hybridized carbons (Fsp3) is 0.447. The maximum atomic E-state index is 14.6. The summed E-state index contributed by atoms with van der Waals surface area (Å²) >= 11 is 0. The average molecular weight is 595 g/mol. The van der Waals surface area contributed by atoms with Crippen LogP contribution in [0.1, 0.15) is 101 Å². The Bertz CT molecular complexity index is 1780. The van der Waals surface area contributed by atoms with E-state index in [1.165, 1.54) is 6.92 Å². The number of phenolic OH excluding ortho intramolecular Hbond substituents is 1. The van der Waals surface area contributed by atoms with Crippen LogP contribution in [-0.2, 0) is 20.8 Å². The second kappa shape index (κ2) is 10.3. The molecule has 0 bridgehead atoms. The molecular formula is C38H42O6. The van der Waals surface area contributed by atoms with Crippen LogP contribution in [0, 0.1) is 41.4 Å². The summed E-state index contributed by atoms with van der Waals surface area (Å²) in [6, 6.07) is 9.54. The summed E-state index contributed by atoms with van der Waals surface area (Å²) in [6.07, 6.45) is 0.526. The highest BCUT2D eigenvalue weighted by Crippen LogP contribution is 2.65. The van der Waals surface area contributed by atoms with E-state index in [-0.39, 0.29) is 40.7 Å². The fourth-order valence-corrected chi connectivity index (χ4v) is 8.82. The van der Waals surface area contributed by atoms with E-state index in [0.717, 1.165) is 22.3 Å². The molecule has 4 atom stereocenters. The number of aliphatic hydroxyl groups is 2. The number of aryl methyl sites for hydroxylation is 1. The van der Waals surface area contributed by atoms with Crippen LogP contribution in [0.15, 0.2) is 47.1 Å². The predicted octanol–water partition coefficient (Wildman–Crippen LogP) is 6.53. The van der Waals surface area contributed by atoms with Crippen molar-refractivity contribution in [2.75, 3.05) is 0 Å². The Morgan fingerprint density at radius 2 is 1.66 bits per heavy atom. The van der Waals surface area contributed by atoms with Crippen molar-refractivity contribution in [3.8, 4) is 17.6 Å². The van der Waals surface area contributed by atoms with Gasteiger partial charge in [0.1, 0.15) is 11.5 Å². The molecule has 6 nitrogen and oxygen atoms in total. The number of carbonyl (C=O) groups is 3. The summed E-state index contributed by atoms with van der Waals surface area (Å²) in [4.78, 5) is 41.4. The first kappa shape index (κ1) is 31.5. The van der Waals surface area contributed by atoms with Crippen molar-refractivity contribution in [1.82, 2.24) is 0 Å². The van der Waals surface area contributed by atoms with Crippen molar-refractivity contribution in [2.45, 2.75) is 86.7 Å². The summed E-state index contributed by atoms with van der Waals surface area (Å²) in [5.74, 6) is 2.62. The molecule has 0 heterocycles. The summed E-state index contributed by atoms with van der Waals surface area (Å²) in [7, 11) is 0. The number of carbonyl (C=O) groups excluding carboxylic acids is 3. The normalized spacial score (nSPS) is 28.0. The van der Waals surface area contributed by atoms with Crippen LogP contribution in [0.2, 0.25) is 0 Å². The molecule has 0 amide bonds. The van der Waals surface area contributed by atoms with Gasteiger partial charge in [0.25, 0.3) is 0 Å². The molecule has 2 aromatic rings. The van der Waals surface area contributed by atoms with Gasteiger partial charge in [-0.2, -0.15) is 0 Å². The van der Waals surface area contributed by atoms with Crippen molar-refractivity contribution >= 4 is 23.1 Å². The molecule has 0 radical (unpaired) electrons. The highest BCUT2D eigenvalue weighted by atomic mass is 16.3. The molecule has 6 heteroatoms. The lowest BCUT2D eigenvalue weighted by atomic mass is 9.42. The maximum absolute atomic E-state index is 14.6. The molecular weight excluding hydrogens is 552 g/mol. The van der Waals surface area contributed by atoms with Gasteiger partial charge in [0.05, 0.1) is 16.7 Å². The Morgan fingerprint density at radius 3 is 2.23 bits per heavy atom. The molecule has 230 valence electrons. The molecule has 1 fully saturated rings. The lowest BCUT2D eigenvalue weighted by Gasteiger charge is -2.60. The summed E-state index contributed by atoms with van der Waals surface area (Å²) < 4.78 is 0. The molecule has 0 spiro atoms. The lowest BCUT2D eigenvalue weighted by molar-refractivity contribution is -0.180. The highest BCUT2D eigenvalue weighted by molar-refractivity contribution is 6.33. The topological polar surface area (TPSA) is 112 Å². The first-order chi connectivity index (χ1) is 20.4. The van der Waals surface area contributed by atoms with Crippen LogP contribution in [0.3, 0.4) is 0 Å². The van der Waals surface area contributed by atoms with E-state index in [4.69, 9.17) is 0 Å². The smallest absolute Gasteiger partial charge is 0.206 e. The van der Waals surface area contributed by atoms with E-state index in [2.05, 4.69) is 11.8 Å².